The first-order valence-electron chi connectivity index (χ1n) is 4.84. The van der Waals surface area contributed by atoms with E-state index in [1.807, 2.05) is 0 Å². The molecule has 1 heteroatoms. The highest BCUT2D eigenvalue weighted by Crippen LogP contribution is 2.25. The van der Waals surface area contributed by atoms with Gasteiger partial charge < -0.3 is 0 Å². The minimum absolute atomic E-state index is 0.458. The molecule has 1 fully saturated rings. The normalized spacial score (nSPS) is 25.1. The summed E-state index contributed by atoms with van der Waals surface area (Å²) in [4.78, 5) is 11.1. The number of carbonyl (C=O) groups excluding carboxylic acids is 1. The first-order valence-corrected chi connectivity index (χ1v) is 4.84. The van der Waals surface area contributed by atoms with Crippen LogP contribution in [0.5, 0.6) is 0 Å². The number of carbonyl (C=O) groups is 1. The van der Waals surface area contributed by atoms with Crippen LogP contribution in [0.1, 0.15) is 45.4 Å². The molecular weight excluding hydrogens is 148 g/mol. The third kappa shape index (κ3) is 3.21. The van der Waals surface area contributed by atoms with Crippen molar-refractivity contribution >= 4 is 5.78 Å². The van der Waals surface area contributed by atoms with E-state index < -0.39 is 0 Å². The van der Waals surface area contributed by atoms with Crippen molar-refractivity contribution in [3.8, 4) is 0 Å². The molecule has 1 saturated carbocycles. The molecule has 0 aromatic heterocycles. The Kier molecular flexibility index (Phi) is 3.51. The topological polar surface area (TPSA) is 17.1 Å². The fourth-order valence-corrected chi connectivity index (χ4v) is 1.92. The molecule has 0 spiro atoms. The fourth-order valence-electron chi connectivity index (χ4n) is 1.92. The molecular formula is C11H18O. The molecule has 1 nitrogen and oxygen atoms in total. The summed E-state index contributed by atoms with van der Waals surface area (Å²) >= 11 is 0. The molecule has 1 unspecified atom stereocenters. The van der Waals surface area contributed by atoms with Crippen molar-refractivity contribution in [1.82, 2.24) is 0 Å². The largest absolute Gasteiger partial charge is 0.300 e. The highest BCUT2D eigenvalue weighted by molar-refractivity contribution is 5.78. The molecule has 0 amide bonds. The van der Waals surface area contributed by atoms with Gasteiger partial charge in [-0.3, -0.25) is 4.79 Å². The van der Waals surface area contributed by atoms with E-state index in [1.54, 1.807) is 0 Å². The molecule has 0 N–H and O–H groups in total. The van der Waals surface area contributed by atoms with Gasteiger partial charge in [0.05, 0.1) is 0 Å². The quantitative estimate of drug-likeness (QED) is 0.455. The maximum Gasteiger partial charge on any atom is 0.132 e. The van der Waals surface area contributed by atoms with Crippen LogP contribution < -0.4 is 0 Å². The van der Waals surface area contributed by atoms with Crippen molar-refractivity contribution in [2.24, 2.45) is 5.92 Å². The van der Waals surface area contributed by atoms with Crippen LogP contribution in [0.15, 0.2) is 12.2 Å². The summed E-state index contributed by atoms with van der Waals surface area (Å²) in [5, 5.41) is 0. The van der Waals surface area contributed by atoms with Crippen LogP contribution in [0.4, 0.5) is 0 Å². The van der Waals surface area contributed by atoms with Crippen LogP contribution in [-0.2, 0) is 4.79 Å². The Morgan fingerprint density at radius 1 is 1.50 bits per heavy atom. The van der Waals surface area contributed by atoms with Gasteiger partial charge in [0.15, 0.2) is 0 Å². The monoisotopic (exact) mass is 166 g/mol. The summed E-state index contributed by atoms with van der Waals surface area (Å²) in [5.41, 5.74) is 1.26. The van der Waals surface area contributed by atoms with E-state index in [4.69, 9.17) is 0 Å². The van der Waals surface area contributed by atoms with Gasteiger partial charge in [-0.1, -0.05) is 5.57 Å². The maximum absolute atomic E-state index is 11.1. The van der Waals surface area contributed by atoms with E-state index in [-0.39, 0.29) is 0 Å². The lowest BCUT2D eigenvalue weighted by Gasteiger charge is -2.12. The lowest BCUT2D eigenvalue weighted by atomic mass is 9.94. The zero-order valence-corrected chi connectivity index (χ0v) is 7.94. The molecule has 1 aliphatic rings. The third-order valence-corrected chi connectivity index (χ3v) is 2.54. The van der Waals surface area contributed by atoms with Gasteiger partial charge in [-0.25, -0.2) is 0 Å². The number of allylic oxidation sites excluding steroid dienone is 1. The summed E-state index contributed by atoms with van der Waals surface area (Å²) in [5.74, 6) is 1.19. The maximum atomic E-state index is 11.1. The Hall–Kier alpha value is -0.590. The summed E-state index contributed by atoms with van der Waals surface area (Å²) in [7, 11) is 0. The molecule has 1 aliphatic carbocycles. The summed E-state index contributed by atoms with van der Waals surface area (Å²) in [6.07, 6.45) is 6.14. The van der Waals surface area contributed by atoms with Crippen molar-refractivity contribution < 1.29 is 4.79 Å². The van der Waals surface area contributed by atoms with Gasteiger partial charge in [-0.15, -0.1) is 6.58 Å². The van der Waals surface area contributed by atoms with Gasteiger partial charge in [0.25, 0.3) is 0 Å². The number of hydrogen-bond acceptors (Lipinski definition) is 1. The van der Waals surface area contributed by atoms with Crippen LogP contribution in [0.25, 0.3) is 0 Å². The minimum atomic E-state index is 0.458. The Morgan fingerprint density at radius 3 is 2.92 bits per heavy atom. The predicted octanol–water partition coefficient (Wildman–Crippen LogP) is 3.10. The fraction of sp³-hybridized carbons (Fsp3) is 0.727. The second-order valence-electron chi connectivity index (χ2n) is 4.00. The van der Waals surface area contributed by atoms with E-state index in [0.29, 0.717) is 5.78 Å². The smallest absolute Gasteiger partial charge is 0.132 e. The van der Waals surface area contributed by atoms with Gasteiger partial charge in [-0.2, -0.15) is 0 Å². The van der Waals surface area contributed by atoms with Gasteiger partial charge in [0.2, 0.25) is 0 Å². The minimum Gasteiger partial charge on any atom is -0.300 e. The SMILES string of the molecule is C=C(C)CC1CCCC(=O)CC1. The Labute approximate surface area is 74.9 Å². The van der Waals surface area contributed by atoms with E-state index in [1.165, 1.54) is 12.0 Å². The molecule has 0 heterocycles. The number of Topliss-reactive ketones (excluding diaryl/α,β-unsaturated/α-hetero) is 1. The second-order valence-corrected chi connectivity index (χ2v) is 4.00. The van der Waals surface area contributed by atoms with Crippen molar-refractivity contribution in [3.05, 3.63) is 12.2 Å². The number of ketones is 1. The zero-order chi connectivity index (χ0) is 8.97. The van der Waals surface area contributed by atoms with E-state index in [9.17, 15) is 4.79 Å². The van der Waals surface area contributed by atoms with Crippen molar-refractivity contribution in [2.45, 2.75) is 45.4 Å². The molecule has 1 atom stereocenters. The molecule has 68 valence electrons. The van der Waals surface area contributed by atoms with Crippen LogP contribution in [-0.4, -0.2) is 5.78 Å². The van der Waals surface area contributed by atoms with E-state index in [2.05, 4.69) is 13.5 Å². The summed E-state index contributed by atoms with van der Waals surface area (Å²) < 4.78 is 0. The Balaban J connectivity index is 2.35. The first-order chi connectivity index (χ1) is 5.68. The number of rotatable bonds is 2. The molecule has 0 bridgehead atoms. The third-order valence-electron chi connectivity index (χ3n) is 2.54. The highest BCUT2D eigenvalue weighted by Gasteiger charge is 2.15. The predicted molar refractivity (Wildman–Crippen MR) is 51.0 cm³/mol. The lowest BCUT2D eigenvalue weighted by Crippen LogP contribution is -1.99. The molecule has 1 rings (SSSR count). The van der Waals surface area contributed by atoms with Gasteiger partial charge in [0, 0.05) is 12.8 Å². The summed E-state index contributed by atoms with van der Waals surface area (Å²) in [6, 6.07) is 0. The van der Waals surface area contributed by atoms with Gasteiger partial charge >= 0.3 is 0 Å². The molecule has 0 aliphatic heterocycles. The van der Waals surface area contributed by atoms with Gasteiger partial charge in [-0.05, 0) is 38.5 Å². The van der Waals surface area contributed by atoms with Crippen LogP contribution >= 0.6 is 0 Å². The Morgan fingerprint density at radius 2 is 2.25 bits per heavy atom. The molecule has 0 aromatic carbocycles. The van der Waals surface area contributed by atoms with Crippen molar-refractivity contribution in [2.75, 3.05) is 0 Å². The highest BCUT2D eigenvalue weighted by atomic mass is 16.1. The average Bonchev–Trinajstić information content (AvgIpc) is 2.15. The molecule has 0 aromatic rings. The van der Waals surface area contributed by atoms with E-state index in [0.717, 1.165) is 38.0 Å². The molecule has 12 heavy (non-hydrogen) atoms. The average molecular weight is 166 g/mol. The zero-order valence-electron chi connectivity index (χ0n) is 7.94. The number of hydrogen-bond donors (Lipinski definition) is 0. The molecule has 0 radical (unpaired) electrons. The second kappa shape index (κ2) is 4.44. The Bertz CT molecular complexity index is 181. The lowest BCUT2D eigenvalue weighted by molar-refractivity contribution is -0.118. The van der Waals surface area contributed by atoms with Crippen molar-refractivity contribution in [3.63, 3.8) is 0 Å². The summed E-state index contributed by atoms with van der Waals surface area (Å²) in [6.45, 7) is 5.99. The first kappa shape index (κ1) is 9.50. The molecule has 0 saturated heterocycles. The van der Waals surface area contributed by atoms with E-state index >= 15 is 0 Å². The van der Waals surface area contributed by atoms with Crippen molar-refractivity contribution in [1.29, 1.82) is 0 Å². The van der Waals surface area contributed by atoms with Gasteiger partial charge in [0.1, 0.15) is 5.78 Å². The van der Waals surface area contributed by atoms with Crippen LogP contribution in [0, 0.1) is 5.92 Å². The standard InChI is InChI=1S/C11H18O/c1-9(2)8-10-4-3-5-11(12)7-6-10/h10H,1,3-8H2,2H3. The van der Waals surface area contributed by atoms with Crippen LogP contribution in [0.3, 0.4) is 0 Å². The van der Waals surface area contributed by atoms with Crippen LogP contribution in [0.2, 0.25) is 0 Å².